The molecular formula is C12H27NO3S. The molecule has 0 fully saturated rings. The molecule has 0 aromatic carbocycles. The lowest BCUT2D eigenvalue weighted by Gasteiger charge is -2.22. The molecular weight excluding hydrogens is 238 g/mol. The minimum Gasteiger partial charge on any atom is -0.391 e. The van der Waals surface area contributed by atoms with Gasteiger partial charge in [0.15, 0.2) is 9.84 Å². The Morgan fingerprint density at radius 2 is 1.82 bits per heavy atom. The SMILES string of the molecule is CCCCCS(=O)(=O)CC(O)CNC(C)(C)C. The monoisotopic (exact) mass is 265 g/mol. The molecule has 0 amide bonds. The molecule has 0 radical (unpaired) electrons. The molecule has 0 rings (SSSR count). The van der Waals surface area contributed by atoms with Crippen molar-refractivity contribution in [3.8, 4) is 0 Å². The highest BCUT2D eigenvalue weighted by atomic mass is 32.2. The predicted octanol–water partition coefficient (Wildman–Crippen LogP) is 1.34. The molecule has 0 saturated heterocycles. The molecule has 0 bridgehead atoms. The summed E-state index contributed by atoms with van der Waals surface area (Å²) >= 11 is 0. The van der Waals surface area contributed by atoms with E-state index in [9.17, 15) is 13.5 Å². The number of aliphatic hydroxyl groups is 1. The molecule has 17 heavy (non-hydrogen) atoms. The zero-order chi connectivity index (χ0) is 13.5. The van der Waals surface area contributed by atoms with Gasteiger partial charge >= 0.3 is 0 Å². The molecule has 4 nitrogen and oxygen atoms in total. The number of nitrogens with one attached hydrogen (secondary N) is 1. The van der Waals surface area contributed by atoms with Gasteiger partial charge in [-0.3, -0.25) is 0 Å². The summed E-state index contributed by atoms with van der Waals surface area (Å²) in [6.45, 7) is 8.30. The van der Waals surface area contributed by atoms with Crippen molar-refractivity contribution in [2.75, 3.05) is 18.1 Å². The van der Waals surface area contributed by atoms with Crippen LogP contribution >= 0.6 is 0 Å². The maximum Gasteiger partial charge on any atom is 0.152 e. The van der Waals surface area contributed by atoms with E-state index in [0.29, 0.717) is 13.0 Å². The van der Waals surface area contributed by atoms with E-state index in [1.165, 1.54) is 0 Å². The molecule has 1 unspecified atom stereocenters. The highest BCUT2D eigenvalue weighted by Gasteiger charge is 2.18. The molecule has 0 aliphatic heterocycles. The van der Waals surface area contributed by atoms with Gasteiger partial charge in [0.1, 0.15) is 0 Å². The Labute approximate surface area is 106 Å². The minimum atomic E-state index is -3.11. The topological polar surface area (TPSA) is 66.4 Å². The fourth-order valence-corrected chi connectivity index (χ4v) is 2.95. The van der Waals surface area contributed by atoms with Crippen LogP contribution in [-0.4, -0.2) is 43.2 Å². The van der Waals surface area contributed by atoms with Crippen LogP contribution in [0.1, 0.15) is 47.0 Å². The third-order valence-corrected chi connectivity index (χ3v) is 4.18. The van der Waals surface area contributed by atoms with Crippen LogP contribution in [0.25, 0.3) is 0 Å². The first kappa shape index (κ1) is 16.9. The summed E-state index contributed by atoms with van der Waals surface area (Å²) in [7, 11) is -3.11. The van der Waals surface area contributed by atoms with Crippen molar-refractivity contribution in [1.29, 1.82) is 0 Å². The van der Waals surface area contributed by atoms with Crippen LogP contribution in [0.5, 0.6) is 0 Å². The third kappa shape index (κ3) is 10.7. The molecule has 2 N–H and O–H groups in total. The first-order chi connectivity index (χ1) is 7.66. The van der Waals surface area contributed by atoms with Crippen molar-refractivity contribution in [2.24, 2.45) is 0 Å². The molecule has 104 valence electrons. The van der Waals surface area contributed by atoms with Crippen LogP contribution < -0.4 is 5.32 Å². The molecule has 0 saturated carbocycles. The molecule has 0 aromatic heterocycles. The van der Waals surface area contributed by atoms with Gasteiger partial charge in [-0.1, -0.05) is 19.8 Å². The van der Waals surface area contributed by atoms with Crippen molar-refractivity contribution in [1.82, 2.24) is 5.32 Å². The fourth-order valence-electron chi connectivity index (χ4n) is 1.43. The highest BCUT2D eigenvalue weighted by Crippen LogP contribution is 2.03. The van der Waals surface area contributed by atoms with Crippen molar-refractivity contribution < 1.29 is 13.5 Å². The van der Waals surface area contributed by atoms with Gasteiger partial charge in [0.25, 0.3) is 0 Å². The maximum atomic E-state index is 11.7. The van der Waals surface area contributed by atoms with E-state index in [1.54, 1.807) is 0 Å². The standard InChI is InChI=1S/C12H27NO3S/c1-5-6-7-8-17(15,16)10-11(14)9-13-12(2,3)4/h11,13-14H,5-10H2,1-4H3. The summed E-state index contributed by atoms with van der Waals surface area (Å²) in [5.74, 6) is 0.0488. The zero-order valence-corrected chi connectivity index (χ0v) is 12.3. The number of aliphatic hydroxyl groups excluding tert-OH is 1. The minimum absolute atomic E-state index is 0.104. The van der Waals surface area contributed by atoms with Gasteiger partial charge in [0.05, 0.1) is 17.6 Å². The maximum absolute atomic E-state index is 11.7. The molecule has 0 aromatic rings. The molecule has 5 heteroatoms. The lowest BCUT2D eigenvalue weighted by Crippen LogP contribution is -2.43. The summed E-state index contributed by atoms with van der Waals surface area (Å²) in [5, 5.41) is 12.8. The molecule has 0 aliphatic rings. The Balaban J connectivity index is 3.97. The average Bonchev–Trinajstić information content (AvgIpc) is 2.13. The Morgan fingerprint density at radius 1 is 1.24 bits per heavy atom. The van der Waals surface area contributed by atoms with Crippen molar-refractivity contribution >= 4 is 9.84 Å². The summed E-state index contributed by atoms with van der Waals surface area (Å²) in [4.78, 5) is 0. The van der Waals surface area contributed by atoms with E-state index in [-0.39, 0.29) is 17.0 Å². The lowest BCUT2D eigenvalue weighted by atomic mass is 10.1. The molecule has 0 aliphatic carbocycles. The quantitative estimate of drug-likeness (QED) is 0.650. The summed E-state index contributed by atoms with van der Waals surface area (Å²) < 4.78 is 23.3. The Bertz CT molecular complexity index is 293. The van der Waals surface area contributed by atoms with Crippen LogP contribution in [-0.2, 0) is 9.84 Å². The number of sulfone groups is 1. The van der Waals surface area contributed by atoms with Gasteiger partial charge < -0.3 is 10.4 Å². The van der Waals surface area contributed by atoms with Gasteiger partial charge in [-0.2, -0.15) is 0 Å². The van der Waals surface area contributed by atoms with Crippen LogP contribution in [0, 0.1) is 0 Å². The average molecular weight is 265 g/mol. The second-order valence-corrected chi connectivity index (χ2v) is 7.83. The molecule has 0 spiro atoms. The van der Waals surface area contributed by atoms with E-state index in [2.05, 4.69) is 5.32 Å². The first-order valence-electron chi connectivity index (χ1n) is 6.30. The van der Waals surface area contributed by atoms with Crippen molar-refractivity contribution in [3.05, 3.63) is 0 Å². The highest BCUT2D eigenvalue weighted by molar-refractivity contribution is 7.91. The van der Waals surface area contributed by atoms with Crippen LogP contribution in [0.2, 0.25) is 0 Å². The number of unbranched alkanes of at least 4 members (excludes halogenated alkanes) is 2. The third-order valence-electron chi connectivity index (χ3n) is 2.37. The first-order valence-corrected chi connectivity index (χ1v) is 8.12. The number of hydrogen-bond donors (Lipinski definition) is 2. The van der Waals surface area contributed by atoms with E-state index in [1.807, 2.05) is 27.7 Å². The van der Waals surface area contributed by atoms with Gasteiger partial charge in [-0.15, -0.1) is 0 Å². The van der Waals surface area contributed by atoms with Gasteiger partial charge in [0, 0.05) is 12.1 Å². The van der Waals surface area contributed by atoms with Gasteiger partial charge in [-0.05, 0) is 27.2 Å². The zero-order valence-electron chi connectivity index (χ0n) is 11.5. The van der Waals surface area contributed by atoms with Crippen LogP contribution in [0.15, 0.2) is 0 Å². The van der Waals surface area contributed by atoms with Crippen LogP contribution in [0.4, 0.5) is 0 Å². The van der Waals surface area contributed by atoms with Gasteiger partial charge in [0.2, 0.25) is 0 Å². The molecule has 0 heterocycles. The smallest absolute Gasteiger partial charge is 0.152 e. The summed E-state index contributed by atoms with van der Waals surface area (Å²) in [6, 6.07) is 0. The predicted molar refractivity (Wildman–Crippen MR) is 71.9 cm³/mol. The van der Waals surface area contributed by atoms with Gasteiger partial charge in [-0.25, -0.2) is 8.42 Å². The van der Waals surface area contributed by atoms with E-state index in [0.717, 1.165) is 12.8 Å². The second kappa shape index (κ2) is 7.34. The number of hydrogen-bond acceptors (Lipinski definition) is 4. The summed E-state index contributed by atoms with van der Waals surface area (Å²) in [6.07, 6.45) is 1.80. The van der Waals surface area contributed by atoms with Crippen molar-refractivity contribution in [3.63, 3.8) is 0 Å². The van der Waals surface area contributed by atoms with Crippen LogP contribution in [0.3, 0.4) is 0 Å². The number of rotatable bonds is 8. The number of β-amino-alcohol motifs (C(OH)–C–C–N with tert-alkyl or cyclic N) is 1. The van der Waals surface area contributed by atoms with E-state index < -0.39 is 15.9 Å². The largest absolute Gasteiger partial charge is 0.391 e. The Kier molecular flexibility index (Phi) is 7.28. The summed E-state index contributed by atoms with van der Waals surface area (Å²) in [5.41, 5.74) is -0.104. The normalized spacial score (nSPS) is 14.9. The fraction of sp³-hybridized carbons (Fsp3) is 1.00. The van der Waals surface area contributed by atoms with Crippen molar-refractivity contribution in [2.45, 2.75) is 58.6 Å². The Morgan fingerprint density at radius 3 is 2.29 bits per heavy atom. The second-order valence-electron chi connectivity index (χ2n) is 5.61. The Hall–Kier alpha value is -0.130. The van der Waals surface area contributed by atoms with E-state index in [4.69, 9.17) is 0 Å². The lowest BCUT2D eigenvalue weighted by molar-refractivity contribution is 0.181. The molecule has 1 atom stereocenters. The van der Waals surface area contributed by atoms with E-state index >= 15 is 0 Å².